The molecule has 3 rings (SSSR count). The van der Waals surface area contributed by atoms with E-state index in [9.17, 15) is 14.9 Å². The zero-order valence-electron chi connectivity index (χ0n) is 13.0. The van der Waals surface area contributed by atoms with Gasteiger partial charge in [-0.25, -0.2) is 4.98 Å². The van der Waals surface area contributed by atoms with Crippen molar-refractivity contribution < 1.29 is 9.72 Å². The third-order valence-corrected chi connectivity index (χ3v) is 4.71. The van der Waals surface area contributed by atoms with Gasteiger partial charge in [0.05, 0.1) is 14.8 Å². The van der Waals surface area contributed by atoms with Crippen LogP contribution in [0.5, 0.6) is 0 Å². The maximum atomic E-state index is 12.6. The number of carbonyl (C=O) groups is 1. The van der Waals surface area contributed by atoms with Gasteiger partial charge in [-0.2, -0.15) is 0 Å². The number of halogens is 1. The molecule has 0 saturated carbocycles. The number of nitrogens with one attached hydrogen (secondary N) is 1. The lowest BCUT2D eigenvalue weighted by molar-refractivity contribution is -0.384. The van der Waals surface area contributed by atoms with E-state index in [4.69, 9.17) is 11.6 Å². The molecule has 1 amide bonds. The minimum absolute atomic E-state index is 0.0412. The fraction of sp³-hybridized carbons (Fsp3) is 0.0588. The number of hydrogen-bond donors (Lipinski definition) is 1. The van der Waals surface area contributed by atoms with Crippen LogP contribution in [0.25, 0.3) is 10.4 Å². The smallest absolute Gasteiger partial charge is 0.288 e. The highest BCUT2D eigenvalue weighted by atomic mass is 35.5. The molecule has 2 aromatic carbocycles. The molecule has 0 bridgehead atoms. The second-order valence-corrected chi connectivity index (χ2v) is 6.76. The van der Waals surface area contributed by atoms with E-state index in [1.165, 1.54) is 29.5 Å². The zero-order chi connectivity index (χ0) is 18.0. The SMILES string of the molecule is Cc1nc(C(=O)Nc2ccc([N+](=O)[O-])c(Cl)c2)c(-c2ccccc2)s1. The molecule has 0 saturated heterocycles. The molecule has 0 aliphatic carbocycles. The summed E-state index contributed by atoms with van der Waals surface area (Å²) >= 11 is 7.31. The number of aromatic nitrogens is 1. The van der Waals surface area contributed by atoms with Crippen molar-refractivity contribution in [3.05, 3.63) is 74.4 Å². The third kappa shape index (κ3) is 3.67. The van der Waals surface area contributed by atoms with Crippen LogP contribution in [0.15, 0.2) is 48.5 Å². The Morgan fingerprint density at radius 3 is 2.60 bits per heavy atom. The van der Waals surface area contributed by atoms with Crippen molar-refractivity contribution in [2.24, 2.45) is 0 Å². The van der Waals surface area contributed by atoms with E-state index in [1.807, 2.05) is 37.3 Å². The molecule has 0 aliphatic heterocycles. The number of amides is 1. The molecule has 0 aliphatic rings. The summed E-state index contributed by atoms with van der Waals surface area (Å²) in [6.07, 6.45) is 0. The van der Waals surface area contributed by atoms with Gasteiger partial charge >= 0.3 is 0 Å². The van der Waals surface area contributed by atoms with Gasteiger partial charge in [0.1, 0.15) is 10.7 Å². The van der Waals surface area contributed by atoms with Crippen LogP contribution in [0, 0.1) is 17.0 Å². The summed E-state index contributed by atoms with van der Waals surface area (Å²) in [7, 11) is 0. The van der Waals surface area contributed by atoms with E-state index < -0.39 is 10.8 Å². The number of rotatable bonds is 4. The summed E-state index contributed by atoms with van der Waals surface area (Å²) in [5.41, 5.74) is 1.36. The van der Waals surface area contributed by atoms with Crippen molar-refractivity contribution in [3.8, 4) is 10.4 Å². The topological polar surface area (TPSA) is 85.1 Å². The molecule has 1 heterocycles. The van der Waals surface area contributed by atoms with Crippen LogP contribution in [-0.2, 0) is 0 Å². The number of nitro groups is 1. The van der Waals surface area contributed by atoms with Crippen molar-refractivity contribution in [1.29, 1.82) is 0 Å². The molecule has 0 unspecified atom stereocenters. The summed E-state index contributed by atoms with van der Waals surface area (Å²) < 4.78 is 0. The lowest BCUT2D eigenvalue weighted by Gasteiger charge is -2.06. The number of benzene rings is 2. The first-order valence-electron chi connectivity index (χ1n) is 7.24. The van der Waals surface area contributed by atoms with Crippen molar-refractivity contribution in [3.63, 3.8) is 0 Å². The fourth-order valence-corrected chi connectivity index (χ4v) is 3.46. The summed E-state index contributed by atoms with van der Waals surface area (Å²) in [6.45, 7) is 1.83. The number of nitrogens with zero attached hydrogens (tertiary/aromatic N) is 2. The van der Waals surface area contributed by atoms with Crippen LogP contribution in [0.1, 0.15) is 15.5 Å². The predicted molar refractivity (Wildman–Crippen MR) is 98.3 cm³/mol. The van der Waals surface area contributed by atoms with Gasteiger partial charge in [0.25, 0.3) is 11.6 Å². The molecule has 3 aromatic rings. The molecule has 0 spiro atoms. The van der Waals surface area contributed by atoms with E-state index in [1.54, 1.807) is 0 Å². The summed E-state index contributed by atoms with van der Waals surface area (Å²) in [4.78, 5) is 27.9. The third-order valence-electron chi connectivity index (χ3n) is 3.39. The van der Waals surface area contributed by atoms with Gasteiger partial charge in [0.15, 0.2) is 0 Å². The Balaban J connectivity index is 1.90. The average Bonchev–Trinajstić information content (AvgIpc) is 2.97. The summed E-state index contributed by atoms with van der Waals surface area (Å²) in [6, 6.07) is 13.5. The summed E-state index contributed by atoms with van der Waals surface area (Å²) in [5, 5.41) is 14.2. The molecule has 0 radical (unpaired) electrons. The average molecular weight is 374 g/mol. The Bertz CT molecular complexity index is 957. The lowest BCUT2D eigenvalue weighted by atomic mass is 10.1. The Morgan fingerprint density at radius 1 is 1.24 bits per heavy atom. The second kappa shape index (κ2) is 7.00. The Labute approximate surface area is 152 Å². The summed E-state index contributed by atoms with van der Waals surface area (Å²) in [5.74, 6) is -0.395. The van der Waals surface area contributed by atoms with E-state index >= 15 is 0 Å². The van der Waals surface area contributed by atoms with E-state index in [-0.39, 0.29) is 10.7 Å². The van der Waals surface area contributed by atoms with Crippen LogP contribution in [0.4, 0.5) is 11.4 Å². The van der Waals surface area contributed by atoms with Crippen molar-refractivity contribution in [2.45, 2.75) is 6.92 Å². The highest BCUT2D eigenvalue weighted by molar-refractivity contribution is 7.15. The largest absolute Gasteiger partial charge is 0.321 e. The molecule has 126 valence electrons. The standard InChI is InChI=1S/C17H12ClN3O3S/c1-10-19-15(16(25-10)11-5-3-2-4-6-11)17(22)20-12-7-8-14(21(23)24)13(18)9-12/h2-9H,1H3,(H,20,22). The molecule has 0 fully saturated rings. The molecular formula is C17H12ClN3O3S. The number of nitro benzene ring substituents is 1. The van der Waals surface area contributed by atoms with Gasteiger partial charge in [0.2, 0.25) is 0 Å². The number of hydrogen-bond acceptors (Lipinski definition) is 5. The van der Waals surface area contributed by atoms with Crippen molar-refractivity contribution >= 4 is 40.2 Å². The number of aryl methyl sites for hydroxylation is 1. The predicted octanol–water partition coefficient (Wildman–Crippen LogP) is 4.93. The first-order chi connectivity index (χ1) is 12.0. The van der Waals surface area contributed by atoms with Crippen LogP contribution >= 0.6 is 22.9 Å². The lowest BCUT2D eigenvalue weighted by Crippen LogP contribution is -2.13. The molecular weight excluding hydrogens is 362 g/mol. The van der Waals surface area contributed by atoms with Gasteiger partial charge in [-0.3, -0.25) is 14.9 Å². The fourth-order valence-electron chi connectivity index (χ4n) is 2.29. The van der Waals surface area contributed by atoms with Gasteiger partial charge in [0, 0.05) is 11.8 Å². The minimum Gasteiger partial charge on any atom is -0.321 e. The van der Waals surface area contributed by atoms with E-state index in [2.05, 4.69) is 10.3 Å². The van der Waals surface area contributed by atoms with Crippen LogP contribution < -0.4 is 5.32 Å². The van der Waals surface area contributed by atoms with Crippen LogP contribution in [-0.4, -0.2) is 15.8 Å². The Morgan fingerprint density at radius 2 is 1.96 bits per heavy atom. The second-order valence-electron chi connectivity index (χ2n) is 5.15. The first kappa shape index (κ1) is 17.1. The maximum absolute atomic E-state index is 12.6. The molecule has 1 aromatic heterocycles. The number of carbonyl (C=O) groups excluding carboxylic acids is 1. The Kier molecular flexibility index (Phi) is 4.78. The van der Waals surface area contributed by atoms with Crippen molar-refractivity contribution in [1.82, 2.24) is 4.98 Å². The highest BCUT2D eigenvalue weighted by Crippen LogP contribution is 2.31. The molecule has 8 heteroatoms. The van der Waals surface area contributed by atoms with E-state index in [0.717, 1.165) is 15.4 Å². The number of anilines is 1. The molecule has 1 N–H and O–H groups in total. The quantitative estimate of drug-likeness (QED) is 0.518. The van der Waals surface area contributed by atoms with Gasteiger partial charge < -0.3 is 5.32 Å². The molecule has 6 nitrogen and oxygen atoms in total. The maximum Gasteiger partial charge on any atom is 0.288 e. The van der Waals surface area contributed by atoms with E-state index in [0.29, 0.717) is 11.4 Å². The normalized spacial score (nSPS) is 10.5. The number of thiazole rings is 1. The van der Waals surface area contributed by atoms with Gasteiger partial charge in [-0.1, -0.05) is 41.9 Å². The van der Waals surface area contributed by atoms with Gasteiger partial charge in [-0.05, 0) is 24.6 Å². The first-order valence-corrected chi connectivity index (χ1v) is 8.43. The Hall–Kier alpha value is -2.77. The molecule has 0 atom stereocenters. The van der Waals surface area contributed by atoms with Gasteiger partial charge in [-0.15, -0.1) is 11.3 Å². The monoisotopic (exact) mass is 373 g/mol. The zero-order valence-corrected chi connectivity index (χ0v) is 14.6. The minimum atomic E-state index is -0.578. The molecule has 25 heavy (non-hydrogen) atoms. The highest BCUT2D eigenvalue weighted by Gasteiger charge is 2.19. The van der Waals surface area contributed by atoms with Crippen molar-refractivity contribution in [2.75, 3.05) is 5.32 Å². The van der Waals surface area contributed by atoms with Crippen LogP contribution in [0.3, 0.4) is 0 Å². The van der Waals surface area contributed by atoms with Crippen LogP contribution in [0.2, 0.25) is 5.02 Å².